The Morgan fingerprint density at radius 1 is 1.38 bits per heavy atom. The monoisotopic (exact) mass is 242 g/mol. The maximum Gasteiger partial charge on any atom is 0.157 e. The maximum absolute atomic E-state index is 11.9. The van der Waals surface area contributed by atoms with Gasteiger partial charge in [0.05, 0.1) is 11.0 Å². The predicted molar refractivity (Wildman–Crippen MR) is 65.1 cm³/mol. The number of hydrogen-bond acceptors (Lipinski definition) is 3. The molecular weight excluding hydrogens is 224 g/mol. The first-order valence-electron chi connectivity index (χ1n) is 5.36. The van der Waals surface area contributed by atoms with Gasteiger partial charge in [-0.1, -0.05) is 29.8 Å². The Kier molecular flexibility index (Phi) is 4.50. The number of benzene rings is 1. The Morgan fingerprint density at radius 2 is 2.06 bits per heavy atom. The minimum atomic E-state index is -3.15. The largest absolute Gasteiger partial charge is 0.396 e. The van der Waals surface area contributed by atoms with Gasteiger partial charge in [0, 0.05) is 6.61 Å². The molecule has 1 N–H and O–H groups in total. The summed E-state index contributed by atoms with van der Waals surface area (Å²) >= 11 is 0. The number of aryl methyl sites for hydroxylation is 1. The smallest absolute Gasteiger partial charge is 0.157 e. The van der Waals surface area contributed by atoms with Gasteiger partial charge in [-0.3, -0.25) is 0 Å². The molecule has 1 unspecified atom stereocenters. The van der Waals surface area contributed by atoms with Crippen molar-refractivity contribution < 1.29 is 13.5 Å². The van der Waals surface area contributed by atoms with Crippen molar-refractivity contribution in [3.8, 4) is 0 Å². The molecule has 0 amide bonds. The zero-order valence-corrected chi connectivity index (χ0v) is 10.5. The Labute approximate surface area is 97.0 Å². The lowest BCUT2D eigenvalue weighted by Crippen LogP contribution is -2.15. The Hall–Kier alpha value is -0.870. The summed E-state index contributed by atoms with van der Waals surface area (Å²) < 4.78 is 23.8. The summed E-state index contributed by atoms with van der Waals surface area (Å²) in [7, 11) is -3.15. The summed E-state index contributed by atoms with van der Waals surface area (Å²) in [6.45, 7) is 3.55. The van der Waals surface area contributed by atoms with E-state index in [1.54, 1.807) is 6.92 Å². The average molecular weight is 242 g/mol. The molecule has 1 aromatic carbocycles. The van der Waals surface area contributed by atoms with E-state index in [1.165, 1.54) is 0 Å². The van der Waals surface area contributed by atoms with E-state index in [-0.39, 0.29) is 12.4 Å². The van der Waals surface area contributed by atoms with Crippen LogP contribution in [0.3, 0.4) is 0 Å². The van der Waals surface area contributed by atoms with Gasteiger partial charge in [-0.2, -0.15) is 0 Å². The zero-order chi connectivity index (χ0) is 12.2. The molecule has 0 aromatic heterocycles. The van der Waals surface area contributed by atoms with E-state index in [4.69, 9.17) is 5.11 Å². The Morgan fingerprint density at radius 3 is 2.62 bits per heavy atom. The fourth-order valence-corrected chi connectivity index (χ4v) is 3.02. The quantitative estimate of drug-likeness (QED) is 0.857. The Bertz CT molecular complexity index is 437. The van der Waals surface area contributed by atoms with Crippen LogP contribution in [-0.4, -0.2) is 25.9 Å². The Balaban J connectivity index is 2.89. The zero-order valence-electron chi connectivity index (χ0n) is 9.68. The SMILES string of the molecule is Cc1cccc(C(C)S(=O)(=O)CCCO)c1. The maximum atomic E-state index is 11.9. The lowest BCUT2D eigenvalue weighted by atomic mass is 10.1. The van der Waals surface area contributed by atoms with Crippen molar-refractivity contribution in [2.75, 3.05) is 12.4 Å². The van der Waals surface area contributed by atoms with Gasteiger partial charge in [0.2, 0.25) is 0 Å². The van der Waals surface area contributed by atoms with Crippen molar-refractivity contribution in [1.29, 1.82) is 0 Å². The number of sulfone groups is 1. The van der Waals surface area contributed by atoms with Crippen LogP contribution in [0.2, 0.25) is 0 Å². The second kappa shape index (κ2) is 5.46. The van der Waals surface area contributed by atoms with E-state index in [2.05, 4.69) is 0 Å². The van der Waals surface area contributed by atoms with Crippen LogP contribution >= 0.6 is 0 Å². The molecule has 0 saturated carbocycles. The van der Waals surface area contributed by atoms with Crippen molar-refractivity contribution in [3.63, 3.8) is 0 Å². The molecule has 1 atom stereocenters. The normalized spacial score (nSPS) is 13.7. The van der Waals surface area contributed by atoms with Crippen molar-refractivity contribution >= 4 is 9.84 Å². The van der Waals surface area contributed by atoms with Gasteiger partial charge in [0.25, 0.3) is 0 Å². The van der Waals surface area contributed by atoms with E-state index in [9.17, 15) is 8.42 Å². The first kappa shape index (κ1) is 13.2. The molecule has 0 fully saturated rings. The molecular formula is C12H18O3S. The van der Waals surface area contributed by atoms with Gasteiger partial charge < -0.3 is 5.11 Å². The first-order chi connectivity index (χ1) is 7.47. The molecule has 3 nitrogen and oxygen atoms in total. The second-order valence-electron chi connectivity index (χ2n) is 4.00. The molecule has 0 saturated heterocycles. The molecule has 0 radical (unpaired) electrons. The van der Waals surface area contributed by atoms with E-state index in [0.717, 1.165) is 11.1 Å². The second-order valence-corrected chi connectivity index (χ2v) is 6.44. The summed E-state index contributed by atoms with van der Waals surface area (Å²) in [6, 6.07) is 7.52. The highest BCUT2D eigenvalue weighted by molar-refractivity contribution is 7.91. The summed E-state index contributed by atoms with van der Waals surface area (Å²) in [5, 5.41) is 8.16. The van der Waals surface area contributed by atoms with Crippen molar-refractivity contribution in [3.05, 3.63) is 35.4 Å². The molecule has 0 aliphatic heterocycles. The van der Waals surface area contributed by atoms with Crippen LogP contribution < -0.4 is 0 Å². The van der Waals surface area contributed by atoms with Gasteiger partial charge in [-0.25, -0.2) is 8.42 Å². The average Bonchev–Trinajstić information content (AvgIpc) is 2.25. The van der Waals surface area contributed by atoms with Crippen molar-refractivity contribution in [2.45, 2.75) is 25.5 Å². The fraction of sp³-hybridized carbons (Fsp3) is 0.500. The molecule has 4 heteroatoms. The van der Waals surface area contributed by atoms with Gasteiger partial charge in [-0.05, 0) is 25.8 Å². The molecule has 1 aromatic rings. The topological polar surface area (TPSA) is 54.4 Å². The van der Waals surface area contributed by atoms with Crippen LogP contribution in [0.5, 0.6) is 0 Å². The van der Waals surface area contributed by atoms with Gasteiger partial charge in [0.15, 0.2) is 9.84 Å². The molecule has 1 rings (SSSR count). The molecule has 0 bridgehead atoms. The highest BCUT2D eigenvalue weighted by Crippen LogP contribution is 2.23. The third-order valence-electron chi connectivity index (χ3n) is 2.64. The van der Waals surface area contributed by atoms with Crippen LogP contribution in [0.25, 0.3) is 0 Å². The number of aliphatic hydroxyl groups excluding tert-OH is 1. The molecule has 90 valence electrons. The summed E-state index contributed by atoms with van der Waals surface area (Å²) in [4.78, 5) is 0. The van der Waals surface area contributed by atoms with Gasteiger partial charge >= 0.3 is 0 Å². The highest BCUT2D eigenvalue weighted by atomic mass is 32.2. The van der Waals surface area contributed by atoms with Crippen molar-refractivity contribution in [2.24, 2.45) is 0 Å². The first-order valence-corrected chi connectivity index (χ1v) is 7.08. The lowest BCUT2D eigenvalue weighted by molar-refractivity contribution is 0.295. The van der Waals surface area contributed by atoms with E-state index in [1.807, 2.05) is 31.2 Å². The van der Waals surface area contributed by atoms with Crippen LogP contribution in [0, 0.1) is 6.92 Å². The predicted octanol–water partition coefficient (Wildman–Crippen LogP) is 1.85. The van der Waals surface area contributed by atoms with E-state index in [0.29, 0.717) is 6.42 Å². The summed E-state index contributed by atoms with van der Waals surface area (Å²) in [5.41, 5.74) is 1.87. The highest BCUT2D eigenvalue weighted by Gasteiger charge is 2.21. The van der Waals surface area contributed by atoms with Crippen LogP contribution in [-0.2, 0) is 9.84 Å². The fourth-order valence-electron chi connectivity index (χ4n) is 1.57. The molecule has 0 spiro atoms. The van der Waals surface area contributed by atoms with E-state index >= 15 is 0 Å². The summed E-state index contributed by atoms with van der Waals surface area (Å²) in [6.07, 6.45) is 0.304. The number of hydrogen-bond donors (Lipinski definition) is 1. The number of rotatable bonds is 5. The van der Waals surface area contributed by atoms with Crippen LogP contribution in [0.1, 0.15) is 29.7 Å². The van der Waals surface area contributed by atoms with Gasteiger partial charge in [-0.15, -0.1) is 0 Å². The number of aliphatic hydroxyl groups is 1. The standard InChI is InChI=1S/C12H18O3S/c1-10-5-3-6-12(9-10)11(2)16(14,15)8-4-7-13/h3,5-6,9,11,13H,4,7-8H2,1-2H3. The van der Waals surface area contributed by atoms with Gasteiger partial charge in [0.1, 0.15) is 0 Å². The minimum Gasteiger partial charge on any atom is -0.396 e. The minimum absolute atomic E-state index is 0.0403. The summed E-state index contributed by atoms with van der Waals surface area (Å²) in [5.74, 6) is 0.0403. The third-order valence-corrected chi connectivity index (χ3v) is 4.84. The lowest BCUT2D eigenvalue weighted by Gasteiger charge is -2.13. The molecule has 0 aliphatic carbocycles. The third kappa shape index (κ3) is 3.32. The molecule has 0 aliphatic rings. The molecule has 16 heavy (non-hydrogen) atoms. The van der Waals surface area contributed by atoms with E-state index < -0.39 is 15.1 Å². The van der Waals surface area contributed by atoms with Crippen molar-refractivity contribution in [1.82, 2.24) is 0 Å². The molecule has 0 heterocycles. The van der Waals surface area contributed by atoms with Crippen LogP contribution in [0.4, 0.5) is 0 Å². The van der Waals surface area contributed by atoms with Crippen LogP contribution in [0.15, 0.2) is 24.3 Å².